The van der Waals surface area contributed by atoms with E-state index in [4.69, 9.17) is 17.3 Å². The molecule has 120 valence electrons. The Morgan fingerprint density at radius 1 is 1.32 bits per heavy atom. The van der Waals surface area contributed by atoms with Crippen molar-refractivity contribution in [3.8, 4) is 0 Å². The summed E-state index contributed by atoms with van der Waals surface area (Å²) in [4.78, 5) is 24.3. The Kier molecular flexibility index (Phi) is 5.80. The quantitative estimate of drug-likeness (QED) is 0.771. The van der Waals surface area contributed by atoms with Gasteiger partial charge in [-0.05, 0) is 56.5 Å². The molecule has 0 radical (unpaired) electrons. The number of amides is 2. The predicted octanol–water partition coefficient (Wildman–Crippen LogP) is 1.70. The normalized spacial score (nSPS) is 22.1. The van der Waals surface area contributed by atoms with E-state index in [0.717, 1.165) is 19.3 Å². The second-order valence-corrected chi connectivity index (χ2v) is 6.18. The highest BCUT2D eigenvalue weighted by Crippen LogP contribution is 2.24. The summed E-state index contributed by atoms with van der Waals surface area (Å²) in [5.74, 6) is -0.128. The first-order valence-electron chi connectivity index (χ1n) is 7.58. The maximum absolute atomic E-state index is 12.2. The van der Waals surface area contributed by atoms with Gasteiger partial charge in [0.15, 0.2) is 0 Å². The van der Waals surface area contributed by atoms with Crippen LogP contribution >= 0.6 is 11.6 Å². The van der Waals surface area contributed by atoms with Gasteiger partial charge in [-0.2, -0.15) is 0 Å². The van der Waals surface area contributed by atoms with Gasteiger partial charge in [0.05, 0.1) is 0 Å². The van der Waals surface area contributed by atoms with Crippen molar-refractivity contribution < 1.29 is 9.59 Å². The molecule has 0 aliphatic heterocycles. The minimum absolute atomic E-state index is 0.118. The van der Waals surface area contributed by atoms with E-state index in [-0.39, 0.29) is 17.9 Å². The van der Waals surface area contributed by atoms with Crippen LogP contribution in [0.15, 0.2) is 24.3 Å². The average molecular weight is 324 g/mol. The first-order chi connectivity index (χ1) is 10.5. The molecule has 2 amide bonds. The van der Waals surface area contributed by atoms with Gasteiger partial charge in [-0.15, -0.1) is 0 Å². The summed E-state index contributed by atoms with van der Waals surface area (Å²) in [6, 6.07) is 6.07. The second-order valence-electron chi connectivity index (χ2n) is 5.74. The summed E-state index contributed by atoms with van der Waals surface area (Å²) in [6.07, 6.45) is 3.08. The number of benzene rings is 1. The molecule has 1 saturated carbocycles. The van der Waals surface area contributed by atoms with Gasteiger partial charge in [0.25, 0.3) is 5.91 Å². The molecule has 1 fully saturated rings. The van der Waals surface area contributed by atoms with Gasteiger partial charge in [0.2, 0.25) is 5.91 Å². The Balaban J connectivity index is 1.88. The number of rotatable bonds is 5. The summed E-state index contributed by atoms with van der Waals surface area (Å²) in [5, 5.41) is 6.25. The van der Waals surface area contributed by atoms with Gasteiger partial charge in [-0.3, -0.25) is 9.59 Å². The standard InChI is InChI=1S/C16H22ClN3O2/c1-10(15(21)20-14-4-2-3-12(14)9-18)19-16(22)11-5-7-13(17)8-6-11/h5-8,10,12,14H,2-4,9,18H2,1H3,(H,19,22)(H,20,21). The van der Waals surface area contributed by atoms with Crippen molar-refractivity contribution in [1.29, 1.82) is 0 Å². The third-order valence-corrected chi connectivity index (χ3v) is 4.39. The van der Waals surface area contributed by atoms with E-state index in [0.29, 0.717) is 23.0 Å². The summed E-state index contributed by atoms with van der Waals surface area (Å²) in [7, 11) is 0. The van der Waals surface area contributed by atoms with Crippen LogP contribution in [0, 0.1) is 5.92 Å². The van der Waals surface area contributed by atoms with Gasteiger partial charge in [0.1, 0.15) is 6.04 Å². The molecule has 22 heavy (non-hydrogen) atoms. The maximum Gasteiger partial charge on any atom is 0.251 e. The van der Waals surface area contributed by atoms with Crippen molar-refractivity contribution in [3.63, 3.8) is 0 Å². The molecule has 0 saturated heterocycles. The lowest BCUT2D eigenvalue weighted by Crippen LogP contribution is -2.49. The van der Waals surface area contributed by atoms with Crippen molar-refractivity contribution in [2.45, 2.75) is 38.3 Å². The lowest BCUT2D eigenvalue weighted by molar-refractivity contribution is -0.123. The lowest BCUT2D eigenvalue weighted by atomic mass is 10.0. The lowest BCUT2D eigenvalue weighted by Gasteiger charge is -2.22. The topological polar surface area (TPSA) is 84.2 Å². The van der Waals surface area contributed by atoms with Gasteiger partial charge < -0.3 is 16.4 Å². The molecule has 0 heterocycles. The Bertz CT molecular complexity index is 533. The number of carbonyl (C=O) groups is 2. The SMILES string of the molecule is CC(NC(=O)c1ccc(Cl)cc1)C(=O)NC1CCCC1CN. The van der Waals surface area contributed by atoms with Crippen molar-refractivity contribution in [2.75, 3.05) is 6.54 Å². The molecule has 1 aromatic carbocycles. The number of hydrogen-bond donors (Lipinski definition) is 3. The van der Waals surface area contributed by atoms with Gasteiger partial charge in [-0.25, -0.2) is 0 Å². The molecule has 1 aliphatic carbocycles. The monoisotopic (exact) mass is 323 g/mol. The van der Waals surface area contributed by atoms with Gasteiger partial charge in [0, 0.05) is 16.6 Å². The van der Waals surface area contributed by atoms with E-state index >= 15 is 0 Å². The fourth-order valence-electron chi connectivity index (χ4n) is 2.76. The van der Waals surface area contributed by atoms with Gasteiger partial charge >= 0.3 is 0 Å². The van der Waals surface area contributed by atoms with Crippen LogP contribution in [0.25, 0.3) is 0 Å². The number of nitrogens with two attached hydrogens (primary N) is 1. The van der Waals surface area contributed by atoms with E-state index in [9.17, 15) is 9.59 Å². The molecule has 1 aliphatic rings. The highest BCUT2D eigenvalue weighted by Gasteiger charge is 2.29. The second kappa shape index (κ2) is 7.61. The zero-order valence-electron chi connectivity index (χ0n) is 12.6. The Labute approximate surface area is 135 Å². The maximum atomic E-state index is 12.2. The minimum Gasteiger partial charge on any atom is -0.351 e. The Morgan fingerprint density at radius 3 is 2.64 bits per heavy atom. The van der Waals surface area contributed by atoms with Crippen LogP contribution in [0.3, 0.4) is 0 Å². The first-order valence-corrected chi connectivity index (χ1v) is 7.96. The molecule has 2 rings (SSSR count). The molecule has 3 atom stereocenters. The molecule has 6 heteroatoms. The fourth-order valence-corrected chi connectivity index (χ4v) is 2.89. The van der Waals surface area contributed by atoms with E-state index in [1.807, 2.05) is 0 Å². The molecule has 0 bridgehead atoms. The Hall–Kier alpha value is -1.59. The van der Waals surface area contributed by atoms with E-state index in [1.54, 1.807) is 31.2 Å². The third kappa shape index (κ3) is 4.21. The van der Waals surface area contributed by atoms with Crippen molar-refractivity contribution in [2.24, 2.45) is 11.7 Å². The molecule has 4 N–H and O–H groups in total. The van der Waals surface area contributed by atoms with Crippen LogP contribution in [-0.2, 0) is 4.79 Å². The average Bonchev–Trinajstić information content (AvgIpc) is 2.94. The molecule has 3 unspecified atom stereocenters. The van der Waals surface area contributed by atoms with Crippen molar-refractivity contribution in [1.82, 2.24) is 10.6 Å². The summed E-state index contributed by atoms with van der Waals surface area (Å²) in [5.41, 5.74) is 6.19. The smallest absolute Gasteiger partial charge is 0.251 e. The molecule has 5 nitrogen and oxygen atoms in total. The third-order valence-electron chi connectivity index (χ3n) is 4.14. The van der Waals surface area contributed by atoms with Crippen LogP contribution in [0.4, 0.5) is 0 Å². The number of nitrogens with one attached hydrogen (secondary N) is 2. The minimum atomic E-state index is -0.595. The largest absolute Gasteiger partial charge is 0.351 e. The summed E-state index contributed by atoms with van der Waals surface area (Å²) in [6.45, 7) is 2.26. The molecule has 0 spiro atoms. The molecule has 0 aromatic heterocycles. The predicted molar refractivity (Wildman–Crippen MR) is 86.7 cm³/mol. The summed E-state index contributed by atoms with van der Waals surface area (Å²) >= 11 is 5.79. The van der Waals surface area contributed by atoms with Crippen molar-refractivity contribution in [3.05, 3.63) is 34.9 Å². The number of hydrogen-bond acceptors (Lipinski definition) is 3. The molecular weight excluding hydrogens is 302 g/mol. The fraction of sp³-hybridized carbons (Fsp3) is 0.500. The summed E-state index contributed by atoms with van der Waals surface area (Å²) < 4.78 is 0. The van der Waals surface area contributed by atoms with Crippen LogP contribution in [0.5, 0.6) is 0 Å². The first kappa shape index (κ1) is 16.8. The van der Waals surface area contributed by atoms with Crippen LogP contribution in [0.2, 0.25) is 5.02 Å². The number of halogens is 1. The number of carbonyl (C=O) groups excluding carboxylic acids is 2. The zero-order chi connectivity index (χ0) is 16.1. The van der Waals surface area contributed by atoms with Crippen LogP contribution in [0.1, 0.15) is 36.5 Å². The highest BCUT2D eigenvalue weighted by atomic mass is 35.5. The van der Waals surface area contributed by atoms with Crippen molar-refractivity contribution >= 4 is 23.4 Å². The Morgan fingerprint density at radius 2 is 2.00 bits per heavy atom. The molecule has 1 aromatic rings. The van der Waals surface area contributed by atoms with E-state index < -0.39 is 6.04 Å². The van der Waals surface area contributed by atoms with Crippen LogP contribution in [-0.4, -0.2) is 30.4 Å². The highest BCUT2D eigenvalue weighted by molar-refractivity contribution is 6.30. The van der Waals surface area contributed by atoms with Gasteiger partial charge in [-0.1, -0.05) is 18.0 Å². The zero-order valence-corrected chi connectivity index (χ0v) is 13.4. The van der Waals surface area contributed by atoms with E-state index in [2.05, 4.69) is 10.6 Å². The van der Waals surface area contributed by atoms with Crippen LogP contribution < -0.4 is 16.4 Å². The van der Waals surface area contributed by atoms with E-state index in [1.165, 1.54) is 0 Å². The molecular formula is C16H22ClN3O2.